The van der Waals surface area contributed by atoms with Gasteiger partial charge in [0.25, 0.3) is 0 Å². The molecule has 0 aliphatic carbocycles. The van der Waals surface area contributed by atoms with Gasteiger partial charge < -0.3 is 4.74 Å². The maximum atomic E-state index is 11.3. The first-order chi connectivity index (χ1) is 6.44. The highest BCUT2D eigenvalue weighted by Crippen LogP contribution is 2.33. The molecule has 0 bridgehead atoms. The second-order valence-electron chi connectivity index (χ2n) is 4.99. The molecule has 0 saturated carbocycles. The van der Waals surface area contributed by atoms with Crippen molar-refractivity contribution in [2.45, 2.75) is 65.1 Å². The second kappa shape index (κ2) is 4.43. The van der Waals surface area contributed by atoms with Crippen molar-refractivity contribution in [3.8, 4) is 0 Å². The van der Waals surface area contributed by atoms with Crippen molar-refractivity contribution in [2.24, 2.45) is 5.92 Å². The Bertz CT molecular complexity index is 208. The molecule has 82 valence electrons. The van der Waals surface area contributed by atoms with Crippen molar-refractivity contribution in [3.63, 3.8) is 0 Å². The summed E-state index contributed by atoms with van der Waals surface area (Å²) in [6, 6.07) is 0. The van der Waals surface area contributed by atoms with Crippen molar-refractivity contribution in [2.75, 3.05) is 0 Å². The van der Waals surface area contributed by atoms with Crippen LogP contribution in [0.5, 0.6) is 0 Å². The Morgan fingerprint density at radius 1 is 1.57 bits per heavy atom. The molecule has 2 atom stereocenters. The van der Waals surface area contributed by atoms with E-state index in [1.165, 1.54) is 0 Å². The molecule has 1 rings (SSSR count). The summed E-state index contributed by atoms with van der Waals surface area (Å²) >= 11 is 0. The summed E-state index contributed by atoms with van der Waals surface area (Å²) < 4.78 is 5.88. The lowest BCUT2D eigenvalue weighted by Gasteiger charge is -2.21. The lowest BCUT2D eigenvalue weighted by Crippen LogP contribution is -2.23. The number of rotatable bonds is 4. The molecule has 1 aliphatic heterocycles. The molecule has 0 aromatic heterocycles. The summed E-state index contributed by atoms with van der Waals surface area (Å²) in [5.41, 5.74) is 0.0275. The molecule has 2 unspecified atom stereocenters. The normalized spacial score (nSPS) is 27.6. The smallest absolute Gasteiger partial charge is 0.132 e. The van der Waals surface area contributed by atoms with Crippen LogP contribution >= 0.6 is 0 Å². The first-order valence-corrected chi connectivity index (χ1v) is 5.63. The van der Waals surface area contributed by atoms with Crippen LogP contribution in [-0.4, -0.2) is 17.5 Å². The van der Waals surface area contributed by atoms with Gasteiger partial charge in [-0.2, -0.15) is 0 Å². The molecule has 1 aliphatic rings. The van der Waals surface area contributed by atoms with Gasteiger partial charge in [-0.15, -0.1) is 0 Å². The van der Waals surface area contributed by atoms with Gasteiger partial charge >= 0.3 is 0 Å². The molecule has 1 heterocycles. The molecule has 2 heteroatoms. The summed E-state index contributed by atoms with van der Waals surface area (Å²) in [6.45, 7) is 8.02. The molecule has 0 spiro atoms. The van der Waals surface area contributed by atoms with E-state index in [4.69, 9.17) is 4.74 Å². The Balaban J connectivity index is 2.42. The number of carbonyl (C=O) groups excluding carboxylic acids is 1. The number of carbonyl (C=O) groups is 1. The summed E-state index contributed by atoms with van der Waals surface area (Å²) in [4.78, 5) is 11.3. The predicted molar refractivity (Wildman–Crippen MR) is 57.3 cm³/mol. The van der Waals surface area contributed by atoms with Gasteiger partial charge in [0.2, 0.25) is 0 Å². The molecule has 0 radical (unpaired) electrons. The third-order valence-electron chi connectivity index (χ3n) is 3.17. The van der Waals surface area contributed by atoms with E-state index in [1.807, 2.05) is 0 Å². The van der Waals surface area contributed by atoms with E-state index in [9.17, 15) is 4.79 Å². The first kappa shape index (κ1) is 11.7. The van der Waals surface area contributed by atoms with E-state index < -0.39 is 0 Å². The fourth-order valence-corrected chi connectivity index (χ4v) is 2.18. The van der Waals surface area contributed by atoms with Crippen LogP contribution in [0.15, 0.2) is 0 Å². The number of hydrogen-bond donors (Lipinski definition) is 0. The summed E-state index contributed by atoms with van der Waals surface area (Å²) in [5.74, 6) is 0.509. The van der Waals surface area contributed by atoms with Gasteiger partial charge in [0.15, 0.2) is 0 Å². The molecular weight excluding hydrogens is 176 g/mol. The second-order valence-corrected chi connectivity index (χ2v) is 4.99. The van der Waals surface area contributed by atoms with E-state index >= 15 is 0 Å². The zero-order valence-corrected chi connectivity index (χ0v) is 9.80. The van der Waals surface area contributed by atoms with Crippen molar-refractivity contribution in [1.29, 1.82) is 0 Å². The van der Waals surface area contributed by atoms with Crippen LogP contribution in [0.25, 0.3) is 0 Å². The van der Waals surface area contributed by atoms with Crippen molar-refractivity contribution < 1.29 is 9.53 Å². The largest absolute Gasteiger partial charge is 0.372 e. The number of hydrogen-bond acceptors (Lipinski definition) is 2. The predicted octanol–water partition coefficient (Wildman–Crippen LogP) is 2.95. The van der Waals surface area contributed by atoms with Crippen LogP contribution in [0, 0.1) is 5.92 Å². The van der Waals surface area contributed by atoms with Crippen LogP contribution in [0.4, 0.5) is 0 Å². The summed E-state index contributed by atoms with van der Waals surface area (Å²) in [6.07, 6.45) is 4.38. The summed E-state index contributed by atoms with van der Waals surface area (Å²) in [7, 11) is 0. The van der Waals surface area contributed by atoms with E-state index in [0.717, 1.165) is 25.7 Å². The van der Waals surface area contributed by atoms with Gasteiger partial charge in [0.05, 0.1) is 11.7 Å². The van der Waals surface area contributed by atoms with Gasteiger partial charge in [0.1, 0.15) is 5.78 Å². The van der Waals surface area contributed by atoms with Crippen LogP contribution in [-0.2, 0) is 9.53 Å². The van der Waals surface area contributed by atoms with Crippen molar-refractivity contribution >= 4 is 5.78 Å². The number of ether oxygens (including phenoxy) is 1. The molecule has 0 aromatic carbocycles. The van der Waals surface area contributed by atoms with Gasteiger partial charge in [-0.05, 0) is 46.5 Å². The number of Topliss-reactive ketones (excluding diaryl/α,β-unsaturated/α-hetero) is 1. The molecule has 2 nitrogen and oxygen atoms in total. The quantitative estimate of drug-likeness (QED) is 0.694. The number of ketones is 1. The lowest BCUT2D eigenvalue weighted by molar-refractivity contribution is -0.122. The van der Waals surface area contributed by atoms with E-state index in [2.05, 4.69) is 20.8 Å². The van der Waals surface area contributed by atoms with Crippen LogP contribution < -0.4 is 0 Å². The van der Waals surface area contributed by atoms with Crippen LogP contribution in [0.2, 0.25) is 0 Å². The Hall–Kier alpha value is -0.370. The highest BCUT2D eigenvalue weighted by atomic mass is 16.5. The lowest BCUT2D eigenvalue weighted by atomic mass is 9.93. The minimum absolute atomic E-state index is 0.0275. The van der Waals surface area contributed by atoms with Gasteiger partial charge in [-0.25, -0.2) is 0 Å². The maximum absolute atomic E-state index is 11.3. The topological polar surface area (TPSA) is 26.3 Å². The average Bonchev–Trinajstić information content (AvgIpc) is 2.41. The highest BCUT2D eigenvalue weighted by molar-refractivity contribution is 5.78. The zero-order chi connectivity index (χ0) is 10.8. The van der Waals surface area contributed by atoms with Crippen molar-refractivity contribution in [1.82, 2.24) is 0 Å². The highest BCUT2D eigenvalue weighted by Gasteiger charge is 2.33. The Labute approximate surface area is 87.0 Å². The molecule has 1 saturated heterocycles. The third-order valence-corrected chi connectivity index (χ3v) is 3.17. The molecular formula is C12H22O2. The van der Waals surface area contributed by atoms with Crippen LogP contribution in [0.3, 0.4) is 0 Å². The van der Waals surface area contributed by atoms with Gasteiger partial charge in [-0.1, -0.05) is 6.92 Å². The first-order valence-electron chi connectivity index (χ1n) is 5.63. The SMILES string of the molecule is CCC(CC1CCC(C)(C)O1)C(C)=O. The maximum Gasteiger partial charge on any atom is 0.132 e. The van der Waals surface area contributed by atoms with Gasteiger partial charge in [-0.3, -0.25) is 4.79 Å². The summed E-state index contributed by atoms with van der Waals surface area (Å²) in [5, 5.41) is 0. The zero-order valence-electron chi connectivity index (χ0n) is 9.80. The fraction of sp³-hybridized carbons (Fsp3) is 0.917. The van der Waals surface area contributed by atoms with E-state index in [1.54, 1.807) is 6.92 Å². The van der Waals surface area contributed by atoms with E-state index in [0.29, 0.717) is 11.9 Å². The van der Waals surface area contributed by atoms with Gasteiger partial charge in [0, 0.05) is 5.92 Å². The molecule has 0 aromatic rings. The Kier molecular flexibility index (Phi) is 3.71. The standard InChI is InChI=1S/C12H22O2/c1-5-10(9(2)13)8-11-6-7-12(3,4)14-11/h10-11H,5-8H2,1-4H3. The fourth-order valence-electron chi connectivity index (χ4n) is 2.18. The minimum atomic E-state index is 0.0275. The average molecular weight is 198 g/mol. The van der Waals surface area contributed by atoms with E-state index in [-0.39, 0.29) is 11.5 Å². The Morgan fingerprint density at radius 2 is 2.21 bits per heavy atom. The molecule has 1 fully saturated rings. The van der Waals surface area contributed by atoms with Crippen molar-refractivity contribution in [3.05, 3.63) is 0 Å². The van der Waals surface area contributed by atoms with Crippen LogP contribution in [0.1, 0.15) is 53.4 Å². The monoisotopic (exact) mass is 198 g/mol. The minimum Gasteiger partial charge on any atom is -0.372 e. The third kappa shape index (κ3) is 3.09. The molecule has 0 amide bonds. The molecule has 14 heavy (non-hydrogen) atoms. The molecule has 0 N–H and O–H groups in total. The Morgan fingerprint density at radius 3 is 2.57 bits per heavy atom.